The van der Waals surface area contributed by atoms with Gasteiger partial charge in [-0.1, -0.05) is 44.2 Å². The number of aliphatic hydroxyl groups is 6. The molecule has 1 saturated carbocycles. The fraction of sp³-hybridized carbons (Fsp3) is 0.657. The summed E-state index contributed by atoms with van der Waals surface area (Å²) < 4.78 is 47.3. The van der Waals surface area contributed by atoms with Crippen LogP contribution >= 0.6 is 0 Å². The standard InChI is InChI=1S/C35H46O16/c1-16(2)13-22(39)48-29-24(40)17(3)45-34(30(29)47-21(38)10-9-18-7-5-4-6-8-18)49-28-19-11-12-44-32(23(19)35(15-37)31(28)51-35)50-33-27(43)26(42)25(41)20(14-36)46-33/h4-12,16-17,19-20,23-34,36-37,40-43H,13-15H2,1-3H3/t17-,19+,20+,23+,24-,25+,26-,27+,28-,29+,30+,31-,32-,33-,34-,35+/m0/s1. The zero-order valence-corrected chi connectivity index (χ0v) is 28.3. The predicted octanol–water partition coefficient (Wildman–Crippen LogP) is -0.877. The SMILES string of the molecule is CC(C)CC(=O)O[C@@H]1[C@@H](O)[C@H](C)O[C@@H](O[C@H]2[C@@H]3C=CO[C@@H](O[C@@H]4O[C@H](CO)[C@@H](O)[C@H](O)[C@H]4O)[C@@H]3[C@@]3(CO)O[C@@H]23)[C@@H]1OC(=O)C=Cc1ccccc1. The molecule has 1 aromatic carbocycles. The Bertz CT molecular complexity index is 1420. The highest BCUT2D eigenvalue weighted by atomic mass is 16.8. The molecular weight excluding hydrogens is 676 g/mol. The molecule has 3 saturated heterocycles. The molecule has 0 radical (unpaired) electrons. The first-order valence-corrected chi connectivity index (χ1v) is 17.1. The fourth-order valence-electron chi connectivity index (χ4n) is 7.25. The van der Waals surface area contributed by atoms with Gasteiger partial charge in [-0.05, 0) is 30.6 Å². The van der Waals surface area contributed by atoms with Crippen LogP contribution < -0.4 is 0 Å². The van der Waals surface area contributed by atoms with Gasteiger partial charge < -0.3 is 68.5 Å². The van der Waals surface area contributed by atoms with Gasteiger partial charge in [0, 0.05) is 18.4 Å². The molecule has 5 aliphatic rings. The molecule has 16 nitrogen and oxygen atoms in total. The number of rotatable bonds is 12. The quantitative estimate of drug-likeness (QED) is 0.0874. The number of hydrogen-bond acceptors (Lipinski definition) is 16. The highest BCUT2D eigenvalue weighted by Gasteiger charge is 2.77. The molecule has 4 fully saturated rings. The molecule has 0 bridgehead atoms. The summed E-state index contributed by atoms with van der Waals surface area (Å²) in [5, 5.41) is 62.4. The van der Waals surface area contributed by atoms with Crippen LogP contribution in [0.1, 0.15) is 32.8 Å². The summed E-state index contributed by atoms with van der Waals surface area (Å²) >= 11 is 0. The van der Waals surface area contributed by atoms with Crippen LogP contribution in [0.15, 0.2) is 48.7 Å². The monoisotopic (exact) mass is 722 g/mol. The van der Waals surface area contributed by atoms with Crippen molar-refractivity contribution in [1.29, 1.82) is 0 Å². The molecule has 4 aliphatic heterocycles. The normalized spacial score (nSPS) is 43.0. The number of ether oxygens (including phenoxy) is 8. The summed E-state index contributed by atoms with van der Waals surface area (Å²) in [6.45, 7) is 4.05. The number of carbonyl (C=O) groups is 2. The van der Waals surface area contributed by atoms with E-state index in [1.54, 1.807) is 37.3 Å². The summed E-state index contributed by atoms with van der Waals surface area (Å²) in [6, 6.07) is 9.01. The molecule has 0 aromatic heterocycles. The van der Waals surface area contributed by atoms with Gasteiger partial charge in [0.25, 0.3) is 0 Å². The summed E-state index contributed by atoms with van der Waals surface area (Å²) in [5.41, 5.74) is -0.530. The minimum Gasteiger partial charge on any atom is -0.472 e. The Morgan fingerprint density at radius 1 is 0.882 bits per heavy atom. The number of epoxide rings is 1. The van der Waals surface area contributed by atoms with Crippen molar-refractivity contribution in [2.24, 2.45) is 17.8 Å². The molecule has 16 heteroatoms. The maximum atomic E-state index is 13.2. The number of benzene rings is 1. The van der Waals surface area contributed by atoms with Gasteiger partial charge in [-0.25, -0.2) is 4.79 Å². The van der Waals surface area contributed by atoms with Crippen LogP contribution in [0.25, 0.3) is 6.08 Å². The molecule has 0 spiro atoms. The summed E-state index contributed by atoms with van der Waals surface area (Å²) in [5.74, 6) is -2.86. The molecule has 0 unspecified atom stereocenters. The van der Waals surface area contributed by atoms with Gasteiger partial charge >= 0.3 is 11.9 Å². The first-order valence-electron chi connectivity index (χ1n) is 17.1. The second kappa shape index (κ2) is 15.5. The van der Waals surface area contributed by atoms with E-state index in [9.17, 15) is 40.2 Å². The zero-order chi connectivity index (χ0) is 36.6. The van der Waals surface area contributed by atoms with Crippen molar-refractivity contribution in [3.63, 3.8) is 0 Å². The van der Waals surface area contributed by atoms with Crippen LogP contribution in [0, 0.1) is 17.8 Å². The lowest BCUT2D eigenvalue weighted by atomic mass is 9.85. The number of carbonyl (C=O) groups excluding carboxylic acids is 2. The smallest absolute Gasteiger partial charge is 0.331 e. The van der Waals surface area contributed by atoms with Crippen LogP contribution in [0.5, 0.6) is 0 Å². The topological polar surface area (TPSA) is 233 Å². The molecule has 1 aromatic rings. The average Bonchev–Trinajstić information content (AvgIpc) is 3.78. The summed E-state index contributed by atoms with van der Waals surface area (Å²) in [6.07, 6.45) is -11.4. The van der Waals surface area contributed by atoms with E-state index >= 15 is 0 Å². The lowest BCUT2D eigenvalue weighted by molar-refractivity contribution is -0.347. The number of aliphatic hydroxyl groups excluding tert-OH is 6. The van der Waals surface area contributed by atoms with E-state index in [2.05, 4.69) is 0 Å². The maximum absolute atomic E-state index is 13.2. The third-order valence-electron chi connectivity index (χ3n) is 9.95. The van der Waals surface area contributed by atoms with Gasteiger partial charge in [-0.15, -0.1) is 0 Å². The first kappa shape index (κ1) is 37.7. The predicted molar refractivity (Wildman–Crippen MR) is 170 cm³/mol. The third kappa shape index (κ3) is 7.59. The van der Waals surface area contributed by atoms with Crippen LogP contribution in [0.2, 0.25) is 0 Å². The van der Waals surface area contributed by atoms with Crippen molar-refractivity contribution in [3.05, 3.63) is 54.3 Å². The lowest BCUT2D eigenvalue weighted by Crippen LogP contribution is -2.61. The van der Waals surface area contributed by atoms with E-state index < -0.39 is 122 Å². The molecule has 6 rings (SSSR count). The maximum Gasteiger partial charge on any atom is 0.331 e. The Kier molecular flexibility index (Phi) is 11.5. The highest BCUT2D eigenvalue weighted by molar-refractivity contribution is 5.87. The van der Waals surface area contributed by atoms with E-state index in [-0.39, 0.29) is 12.3 Å². The van der Waals surface area contributed by atoms with Gasteiger partial charge in [0.1, 0.15) is 42.2 Å². The molecule has 16 atom stereocenters. The molecule has 6 N–H and O–H groups in total. The highest BCUT2D eigenvalue weighted by Crippen LogP contribution is 2.61. The van der Waals surface area contributed by atoms with Crippen molar-refractivity contribution in [3.8, 4) is 0 Å². The van der Waals surface area contributed by atoms with Crippen molar-refractivity contribution in [1.82, 2.24) is 0 Å². The summed E-state index contributed by atoms with van der Waals surface area (Å²) in [7, 11) is 0. The molecular formula is C35H46O16. The summed E-state index contributed by atoms with van der Waals surface area (Å²) in [4.78, 5) is 26.1. The van der Waals surface area contributed by atoms with Crippen molar-refractivity contribution < 1.29 is 78.1 Å². The van der Waals surface area contributed by atoms with Gasteiger partial charge in [0.15, 0.2) is 24.8 Å². The van der Waals surface area contributed by atoms with E-state index in [1.165, 1.54) is 18.4 Å². The Balaban J connectivity index is 1.24. The van der Waals surface area contributed by atoms with E-state index in [4.69, 9.17) is 37.9 Å². The minimum atomic E-state index is -1.71. The van der Waals surface area contributed by atoms with Gasteiger partial charge in [0.2, 0.25) is 6.29 Å². The Morgan fingerprint density at radius 3 is 2.31 bits per heavy atom. The largest absolute Gasteiger partial charge is 0.472 e. The Hall–Kier alpha value is -3.00. The Morgan fingerprint density at radius 2 is 1.63 bits per heavy atom. The van der Waals surface area contributed by atoms with Crippen LogP contribution in [-0.2, 0) is 47.5 Å². The van der Waals surface area contributed by atoms with Crippen molar-refractivity contribution in [2.45, 2.75) is 113 Å². The van der Waals surface area contributed by atoms with E-state index in [1.807, 2.05) is 19.9 Å². The fourth-order valence-corrected chi connectivity index (χ4v) is 7.25. The van der Waals surface area contributed by atoms with Crippen molar-refractivity contribution in [2.75, 3.05) is 13.2 Å². The minimum absolute atomic E-state index is 0.0422. The first-order chi connectivity index (χ1) is 24.4. The number of fused-ring (bicyclic) bond motifs is 3. The van der Waals surface area contributed by atoms with Crippen LogP contribution in [-0.4, -0.2) is 141 Å². The number of hydrogen-bond donors (Lipinski definition) is 6. The van der Waals surface area contributed by atoms with Crippen LogP contribution in [0.4, 0.5) is 0 Å². The molecule has 1 aliphatic carbocycles. The van der Waals surface area contributed by atoms with Gasteiger partial charge in [-0.2, -0.15) is 0 Å². The molecule has 282 valence electrons. The van der Waals surface area contributed by atoms with E-state index in [0.29, 0.717) is 0 Å². The van der Waals surface area contributed by atoms with Gasteiger partial charge in [-0.3, -0.25) is 4.79 Å². The third-order valence-corrected chi connectivity index (χ3v) is 9.95. The second-order valence-electron chi connectivity index (χ2n) is 13.9. The second-order valence-corrected chi connectivity index (χ2v) is 13.9. The van der Waals surface area contributed by atoms with Crippen molar-refractivity contribution >= 4 is 18.0 Å². The molecule has 4 heterocycles. The molecule has 0 amide bonds. The number of esters is 2. The Labute approximate surface area is 294 Å². The van der Waals surface area contributed by atoms with Gasteiger partial charge in [0.05, 0.1) is 37.6 Å². The molecule has 51 heavy (non-hydrogen) atoms. The van der Waals surface area contributed by atoms with Crippen LogP contribution in [0.3, 0.4) is 0 Å². The zero-order valence-electron chi connectivity index (χ0n) is 28.3. The lowest BCUT2D eigenvalue weighted by Gasteiger charge is -2.44. The van der Waals surface area contributed by atoms with E-state index in [0.717, 1.165) is 5.56 Å². The average molecular weight is 723 g/mol.